The Hall–Kier alpha value is -0.670. The Kier molecular flexibility index (Phi) is 7.99. The zero-order valence-corrected chi connectivity index (χ0v) is 11.9. The normalized spacial score (nSPS) is 26.5. The summed E-state index contributed by atoms with van der Waals surface area (Å²) in [4.78, 5) is 0. The number of ether oxygens (including phenoxy) is 3. The highest BCUT2D eigenvalue weighted by Gasteiger charge is 2.39. The van der Waals surface area contributed by atoms with Crippen molar-refractivity contribution in [1.29, 1.82) is 5.26 Å². The Bertz CT molecular complexity index is 280. The zero-order valence-electron chi connectivity index (χ0n) is 11.9. The van der Waals surface area contributed by atoms with E-state index in [1.165, 1.54) is 0 Å². The van der Waals surface area contributed by atoms with Crippen molar-refractivity contribution < 1.29 is 14.2 Å². The van der Waals surface area contributed by atoms with Gasteiger partial charge in [-0.2, -0.15) is 5.26 Å². The summed E-state index contributed by atoms with van der Waals surface area (Å²) in [5, 5.41) is 9.10. The molecule has 1 aliphatic carbocycles. The zero-order chi connectivity index (χ0) is 14.0. The Labute approximate surface area is 116 Å². The summed E-state index contributed by atoms with van der Waals surface area (Å²) < 4.78 is 15.8. The lowest BCUT2D eigenvalue weighted by atomic mass is 9.87. The number of rotatable bonds is 10. The van der Waals surface area contributed by atoms with Crippen LogP contribution < -0.4 is 5.73 Å². The SMILES string of the molecule is COCCOCCCOCCC1CCCC1(N)C#N. The molecule has 1 aliphatic rings. The van der Waals surface area contributed by atoms with Gasteiger partial charge in [-0.05, 0) is 31.6 Å². The van der Waals surface area contributed by atoms with Gasteiger partial charge in [-0.15, -0.1) is 0 Å². The van der Waals surface area contributed by atoms with Gasteiger partial charge in [-0.1, -0.05) is 6.42 Å². The first-order valence-corrected chi connectivity index (χ1v) is 7.07. The molecule has 1 fully saturated rings. The van der Waals surface area contributed by atoms with Gasteiger partial charge >= 0.3 is 0 Å². The summed E-state index contributed by atoms with van der Waals surface area (Å²) in [7, 11) is 1.66. The molecule has 0 radical (unpaired) electrons. The van der Waals surface area contributed by atoms with Gasteiger partial charge in [0, 0.05) is 26.9 Å². The molecule has 0 bridgehead atoms. The molecule has 110 valence electrons. The van der Waals surface area contributed by atoms with E-state index in [9.17, 15) is 0 Å². The van der Waals surface area contributed by atoms with Crippen LogP contribution in [-0.4, -0.2) is 45.7 Å². The fourth-order valence-electron chi connectivity index (χ4n) is 2.49. The molecular formula is C14H26N2O3. The van der Waals surface area contributed by atoms with Crippen molar-refractivity contribution in [2.24, 2.45) is 11.7 Å². The minimum absolute atomic E-state index is 0.287. The van der Waals surface area contributed by atoms with Crippen molar-refractivity contribution in [2.45, 2.75) is 37.6 Å². The molecule has 0 amide bonds. The summed E-state index contributed by atoms with van der Waals surface area (Å²) in [5.74, 6) is 0.287. The average molecular weight is 270 g/mol. The summed E-state index contributed by atoms with van der Waals surface area (Å²) in [6.07, 6.45) is 4.70. The first-order valence-electron chi connectivity index (χ1n) is 7.07. The predicted molar refractivity (Wildman–Crippen MR) is 72.6 cm³/mol. The molecule has 0 aromatic carbocycles. The third-order valence-electron chi connectivity index (χ3n) is 3.70. The lowest BCUT2D eigenvalue weighted by Gasteiger charge is -2.23. The fraction of sp³-hybridized carbons (Fsp3) is 0.929. The van der Waals surface area contributed by atoms with E-state index in [0.717, 1.165) is 32.1 Å². The van der Waals surface area contributed by atoms with Crippen LogP contribution in [0.4, 0.5) is 0 Å². The molecule has 0 aliphatic heterocycles. The van der Waals surface area contributed by atoms with Crippen LogP contribution in [0.5, 0.6) is 0 Å². The Morgan fingerprint density at radius 2 is 1.95 bits per heavy atom. The van der Waals surface area contributed by atoms with E-state index in [1.54, 1.807) is 7.11 Å². The van der Waals surface area contributed by atoms with Crippen LogP contribution in [0.3, 0.4) is 0 Å². The molecule has 2 atom stereocenters. The van der Waals surface area contributed by atoms with Crippen LogP contribution >= 0.6 is 0 Å². The van der Waals surface area contributed by atoms with Crippen molar-refractivity contribution in [3.63, 3.8) is 0 Å². The van der Waals surface area contributed by atoms with Gasteiger partial charge in [-0.25, -0.2) is 0 Å². The highest BCUT2D eigenvalue weighted by molar-refractivity contribution is 5.11. The van der Waals surface area contributed by atoms with Crippen LogP contribution in [0.1, 0.15) is 32.1 Å². The van der Waals surface area contributed by atoms with E-state index < -0.39 is 5.54 Å². The first-order chi connectivity index (χ1) is 9.23. The van der Waals surface area contributed by atoms with Crippen LogP contribution in [0.15, 0.2) is 0 Å². The monoisotopic (exact) mass is 270 g/mol. The Balaban J connectivity index is 1.95. The van der Waals surface area contributed by atoms with Crippen LogP contribution in [0.2, 0.25) is 0 Å². The van der Waals surface area contributed by atoms with Gasteiger partial charge in [0.1, 0.15) is 5.54 Å². The molecule has 2 unspecified atom stereocenters. The topological polar surface area (TPSA) is 77.5 Å². The van der Waals surface area contributed by atoms with Crippen molar-refractivity contribution in [3.05, 3.63) is 0 Å². The molecule has 5 nitrogen and oxygen atoms in total. The van der Waals surface area contributed by atoms with E-state index in [0.29, 0.717) is 33.0 Å². The molecule has 1 saturated carbocycles. The van der Waals surface area contributed by atoms with Crippen molar-refractivity contribution in [2.75, 3.05) is 40.1 Å². The number of nitriles is 1. The minimum Gasteiger partial charge on any atom is -0.382 e. The third-order valence-corrected chi connectivity index (χ3v) is 3.70. The maximum atomic E-state index is 9.10. The molecule has 0 aromatic heterocycles. The van der Waals surface area contributed by atoms with E-state index in [4.69, 9.17) is 25.2 Å². The Morgan fingerprint density at radius 1 is 1.21 bits per heavy atom. The molecule has 5 heteroatoms. The Morgan fingerprint density at radius 3 is 2.63 bits per heavy atom. The van der Waals surface area contributed by atoms with Crippen molar-refractivity contribution >= 4 is 0 Å². The quantitative estimate of drug-likeness (QED) is 0.608. The van der Waals surface area contributed by atoms with Gasteiger partial charge in [0.2, 0.25) is 0 Å². The molecule has 0 spiro atoms. The van der Waals surface area contributed by atoms with E-state index in [2.05, 4.69) is 6.07 Å². The summed E-state index contributed by atoms with van der Waals surface area (Å²) in [6, 6.07) is 2.26. The summed E-state index contributed by atoms with van der Waals surface area (Å²) >= 11 is 0. The minimum atomic E-state index is -0.618. The van der Waals surface area contributed by atoms with Crippen LogP contribution in [0, 0.1) is 17.2 Å². The molecule has 0 aromatic rings. The first kappa shape index (κ1) is 16.4. The second-order valence-corrected chi connectivity index (χ2v) is 5.10. The molecular weight excluding hydrogens is 244 g/mol. The lowest BCUT2D eigenvalue weighted by Crippen LogP contribution is -2.42. The highest BCUT2D eigenvalue weighted by Crippen LogP contribution is 2.35. The largest absolute Gasteiger partial charge is 0.382 e. The van der Waals surface area contributed by atoms with Gasteiger partial charge < -0.3 is 19.9 Å². The molecule has 2 N–H and O–H groups in total. The number of hydrogen-bond donors (Lipinski definition) is 1. The second kappa shape index (κ2) is 9.27. The molecule has 0 saturated heterocycles. The second-order valence-electron chi connectivity index (χ2n) is 5.10. The smallest absolute Gasteiger partial charge is 0.107 e. The van der Waals surface area contributed by atoms with E-state index in [-0.39, 0.29) is 5.92 Å². The van der Waals surface area contributed by atoms with Crippen molar-refractivity contribution in [1.82, 2.24) is 0 Å². The number of methoxy groups -OCH3 is 1. The van der Waals surface area contributed by atoms with Gasteiger partial charge in [0.25, 0.3) is 0 Å². The number of nitrogens with two attached hydrogens (primary N) is 1. The maximum Gasteiger partial charge on any atom is 0.107 e. The molecule has 19 heavy (non-hydrogen) atoms. The standard InChI is InChI=1S/C14H26N2O3/c1-17-10-11-19-8-3-7-18-9-5-13-4-2-6-14(13,16)12-15/h13H,2-11,16H2,1H3. The van der Waals surface area contributed by atoms with Gasteiger partial charge in [0.05, 0.1) is 19.3 Å². The van der Waals surface area contributed by atoms with Crippen LogP contribution in [0.25, 0.3) is 0 Å². The summed E-state index contributed by atoms with van der Waals surface area (Å²) in [5.41, 5.74) is 5.44. The summed E-state index contributed by atoms with van der Waals surface area (Å²) in [6.45, 7) is 3.35. The van der Waals surface area contributed by atoms with Crippen LogP contribution in [-0.2, 0) is 14.2 Å². The van der Waals surface area contributed by atoms with E-state index in [1.807, 2.05) is 0 Å². The number of nitrogens with zero attached hydrogens (tertiary/aromatic N) is 1. The number of hydrogen-bond acceptors (Lipinski definition) is 5. The predicted octanol–water partition coefficient (Wildman–Crippen LogP) is 1.47. The van der Waals surface area contributed by atoms with Gasteiger partial charge in [-0.3, -0.25) is 0 Å². The molecule has 1 rings (SSSR count). The third kappa shape index (κ3) is 5.87. The maximum absolute atomic E-state index is 9.10. The average Bonchev–Trinajstić information content (AvgIpc) is 2.79. The van der Waals surface area contributed by atoms with Gasteiger partial charge in [0.15, 0.2) is 0 Å². The fourth-order valence-corrected chi connectivity index (χ4v) is 2.49. The molecule has 0 heterocycles. The highest BCUT2D eigenvalue weighted by atomic mass is 16.5. The van der Waals surface area contributed by atoms with Crippen molar-refractivity contribution in [3.8, 4) is 6.07 Å². The van der Waals surface area contributed by atoms with E-state index >= 15 is 0 Å². The lowest BCUT2D eigenvalue weighted by molar-refractivity contribution is 0.0486.